The zero-order valence-corrected chi connectivity index (χ0v) is 47.1. The van der Waals surface area contributed by atoms with Gasteiger partial charge in [-0.15, -0.1) is 0 Å². The highest BCUT2D eigenvalue weighted by Gasteiger charge is 2.59. The van der Waals surface area contributed by atoms with Crippen LogP contribution in [-0.2, 0) is 59.9 Å². The van der Waals surface area contributed by atoms with E-state index in [1.807, 2.05) is 18.2 Å². The molecule has 0 aromatic rings. The molecule has 75 heavy (non-hydrogen) atoms. The number of phosphoric ester groups is 4. The molecular formula is C49H86O22P4. The van der Waals surface area contributed by atoms with Crippen LogP contribution in [0.4, 0.5) is 0 Å². The van der Waals surface area contributed by atoms with Crippen LogP contribution in [0.15, 0.2) is 72.9 Å². The fourth-order valence-electron chi connectivity index (χ4n) is 7.58. The van der Waals surface area contributed by atoms with Crippen LogP contribution >= 0.6 is 31.3 Å². The van der Waals surface area contributed by atoms with E-state index in [4.69, 9.17) is 18.5 Å². The van der Waals surface area contributed by atoms with E-state index in [9.17, 15) is 72.3 Å². The predicted molar refractivity (Wildman–Crippen MR) is 281 cm³/mol. The maximum Gasteiger partial charge on any atom is 0.472 e. The predicted octanol–water partition coefficient (Wildman–Crippen LogP) is 9.85. The Morgan fingerprint density at radius 2 is 0.813 bits per heavy atom. The molecule has 1 rings (SSSR count). The van der Waals surface area contributed by atoms with Crippen LogP contribution in [0.5, 0.6) is 0 Å². The average molecular weight is 1150 g/mol. The van der Waals surface area contributed by atoms with Crippen LogP contribution in [-0.4, -0.2) is 112 Å². The third-order valence-corrected chi connectivity index (χ3v) is 13.8. The smallest absolute Gasteiger partial charge is 0.462 e. The van der Waals surface area contributed by atoms with Gasteiger partial charge in [0.1, 0.15) is 43.2 Å². The topological polar surface area (TPSA) is 349 Å². The van der Waals surface area contributed by atoms with Crippen LogP contribution in [0.2, 0.25) is 0 Å². The maximum absolute atomic E-state index is 13.3. The fourth-order valence-corrected chi connectivity index (χ4v) is 10.2. The van der Waals surface area contributed by atoms with Crippen LogP contribution in [0, 0.1) is 0 Å². The van der Waals surface area contributed by atoms with E-state index >= 15 is 0 Å². The lowest BCUT2D eigenvalue weighted by molar-refractivity contribution is -0.209. The first-order valence-electron chi connectivity index (χ1n) is 26.0. The summed E-state index contributed by atoms with van der Waals surface area (Å²) in [5.41, 5.74) is 0. The molecule has 0 bridgehead atoms. The van der Waals surface area contributed by atoms with E-state index < -0.39 is 99.2 Å². The van der Waals surface area contributed by atoms with Gasteiger partial charge in [-0.3, -0.25) is 32.2 Å². The molecule has 0 heterocycles. The van der Waals surface area contributed by atoms with Crippen molar-refractivity contribution in [1.82, 2.24) is 0 Å². The van der Waals surface area contributed by atoms with Gasteiger partial charge in [0.05, 0.1) is 6.61 Å². The van der Waals surface area contributed by atoms with E-state index in [-0.39, 0.29) is 19.3 Å². The number of rotatable bonds is 44. The number of aliphatic hydroxyl groups is 2. The number of carbonyl (C=O) groups excluding carboxylic acids is 2. The third-order valence-electron chi connectivity index (χ3n) is 11.3. The van der Waals surface area contributed by atoms with Gasteiger partial charge >= 0.3 is 43.2 Å². The number of ether oxygens (including phenoxy) is 2. The monoisotopic (exact) mass is 1150 g/mol. The summed E-state index contributed by atoms with van der Waals surface area (Å²) >= 11 is 0. The second kappa shape index (κ2) is 40.9. The molecule has 0 aromatic carbocycles. The van der Waals surface area contributed by atoms with Gasteiger partial charge in [-0.1, -0.05) is 177 Å². The maximum atomic E-state index is 13.3. The standard InChI is InChI=1S/C49H86O22P4/c1-3-5-7-9-11-13-15-17-19-20-21-22-24-26-28-30-32-34-36-38-43(51)67-41(39-65-42(50)37-35-33-31-29-27-25-23-18-16-14-12-10-8-6-4-2)40-66-75(63,64)71-46-44(52)47(68-72(54,55)56)49(70-74(60,61)62)48(45(46)53)69-73(57,58)59/h5,7,11,13,17,19,21-22,26,28,32,34,41,44-49,52-53H,3-4,6,8-10,12,14-16,18,20,23-25,27,29-31,33,35-40H2,1-2H3,(H,63,64)(H2,54,55,56)(H2,57,58,59)(H2,60,61,62)/b7-5-,13-11-,19-17-,22-21-,28-26-,34-32-/t41-,44+,45+,46?,47-,48+,49?/m1/s1. The van der Waals surface area contributed by atoms with Crippen LogP contribution in [0.1, 0.15) is 168 Å². The Morgan fingerprint density at radius 1 is 0.440 bits per heavy atom. The molecule has 26 heteroatoms. The molecule has 1 aliphatic carbocycles. The van der Waals surface area contributed by atoms with Gasteiger partial charge in [-0.05, 0) is 51.4 Å². The van der Waals surface area contributed by atoms with Crippen LogP contribution in [0.25, 0.3) is 0 Å². The molecule has 1 saturated carbocycles. The largest absolute Gasteiger partial charge is 0.472 e. The summed E-state index contributed by atoms with van der Waals surface area (Å²) in [6.07, 6.45) is 28.3. The SMILES string of the molecule is CC/C=C\C/C=C\C/C=C\C/C=C\C/C=C\C/C=C\CCC(=O)O[C@H](COC(=O)CCCCCCCCCCCCCCCCC)COP(=O)(O)OC1[C@H](O)[C@H](OP(=O)(O)O)C(OP(=O)(O)O)[C@H](OP(=O)(O)O)[C@H]1O. The third kappa shape index (κ3) is 38.9. The quantitative estimate of drug-likeness (QED) is 0.0118. The Hall–Kier alpha value is -2.26. The van der Waals surface area contributed by atoms with Gasteiger partial charge in [0.15, 0.2) is 6.10 Å². The van der Waals surface area contributed by atoms with Crippen molar-refractivity contribution in [3.63, 3.8) is 0 Å². The molecule has 434 valence electrons. The molecular weight excluding hydrogens is 1060 g/mol. The number of hydrogen-bond donors (Lipinski definition) is 9. The second-order valence-electron chi connectivity index (χ2n) is 17.9. The Labute approximate surface area is 443 Å². The number of allylic oxidation sites excluding steroid dienone is 12. The van der Waals surface area contributed by atoms with Crippen molar-refractivity contribution >= 4 is 43.2 Å². The van der Waals surface area contributed by atoms with Gasteiger partial charge in [-0.2, -0.15) is 0 Å². The first-order valence-corrected chi connectivity index (χ1v) is 32.1. The molecule has 8 atom stereocenters. The minimum Gasteiger partial charge on any atom is -0.462 e. The van der Waals surface area contributed by atoms with Gasteiger partial charge in [0.2, 0.25) is 0 Å². The molecule has 0 spiro atoms. The lowest BCUT2D eigenvalue weighted by Gasteiger charge is -2.45. The minimum atomic E-state index is -5.80. The van der Waals surface area contributed by atoms with Crippen molar-refractivity contribution in [2.24, 2.45) is 0 Å². The van der Waals surface area contributed by atoms with Crippen molar-refractivity contribution in [3.8, 4) is 0 Å². The summed E-state index contributed by atoms with van der Waals surface area (Å²) in [7, 11) is -23.1. The molecule has 0 saturated heterocycles. The highest BCUT2D eigenvalue weighted by atomic mass is 31.2. The molecule has 9 N–H and O–H groups in total. The number of phosphoric acid groups is 4. The van der Waals surface area contributed by atoms with Crippen molar-refractivity contribution < 1.29 is 104 Å². The van der Waals surface area contributed by atoms with Gasteiger partial charge in [0.25, 0.3) is 0 Å². The Bertz CT molecular complexity index is 1900. The molecule has 22 nitrogen and oxygen atoms in total. The summed E-state index contributed by atoms with van der Waals surface area (Å²) in [5.74, 6) is -1.50. The Kier molecular flexibility index (Phi) is 38.5. The normalized spacial score (nSPS) is 21.4. The fraction of sp³-hybridized carbons (Fsp3) is 0.714. The lowest BCUT2D eigenvalue weighted by atomic mass is 9.85. The van der Waals surface area contributed by atoms with Crippen LogP contribution < -0.4 is 0 Å². The van der Waals surface area contributed by atoms with Crippen molar-refractivity contribution in [2.45, 2.75) is 211 Å². The molecule has 0 amide bonds. The number of hydrogen-bond acceptors (Lipinski definition) is 15. The summed E-state index contributed by atoms with van der Waals surface area (Å²) in [4.78, 5) is 93.0. The van der Waals surface area contributed by atoms with Gasteiger partial charge in [0, 0.05) is 12.8 Å². The second-order valence-corrected chi connectivity index (χ2v) is 22.9. The summed E-state index contributed by atoms with van der Waals surface area (Å²) in [5, 5.41) is 21.9. The van der Waals surface area contributed by atoms with E-state index in [0.29, 0.717) is 12.8 Å². The van der Waals surface area contributed by atoms with E-state index in [2.05, 4.69) is 76.0 Å². The lowest BCUT2D eigenvalue weighted by Crippen LogP contribution is -2.65. The molecule has 3 unspecified atom stereocenters. The van der Waals surface area contributed by atoms with Crippen molar-refractivity contribution in [2.75, 3.05) is 13.2 Å². The number of esters is 2. The van der Waals surface area contributed by atoms with Crippen LogP contribution in [0.3, 0.4) is 0 Å². The first-order chi connectivity index (χ1) is 35.5. The highest BCUT2D eigenvalue weighted by molar-refractivity contribution is 7.47. The number of unbranched alkanes of at least 4 members (excludes halogenated alkanes) is 14. The highest BCUT2D eigenvalue weighted by Crippen LogP contribution is 2.53. The Balaban J connectivity index is 2.90. The van der Waals surface area contributed by atoms with E-state index in [0.717, 1.165) is 64.2 Å². The zero-order valence-electron chi connectivity index (χ0n) is 43.5. The molecule has 0 aliphatic heterocycles. The minimum absolute atomic E-state index is 0.0178. The molecule has 1 fully saturated rings. The number of aliphatic hydroxyl groups excluding tert-OH is 2. The summed E-state index contributed by atoms with van der Waals surface area (Å²) < 4.78 is 82.2. The van der Waals surface area contributed by atoms with E-state index in [1.165, 1.54) is 57.8 Å². The molecule has 0 radical (unpaired) electrons. The molecule has 1 aliphatic rings. The van der Waals surface area contributed by atoms with E-state index in [1.54, 1.807) is 6.08 Å². The van der Waals surface area contributed by atoms with Gasteiger partial charge in [-0.25, -0.2) is 18.3 Å². The summed E-state index contributed by atoms with van der Waals surface area (Å²) in [6.45, 7) is 2.60. The number of carbonyl (C=O) groups is 2. The Morgan fingerprint density at radius 3 is 1.21 bits per heavy atom. The average Bonchev–Trinajstić information content (AvgIpc) is 3.32. The van der Waals surface area contributed by atoms with Gasteiger partial charge < -0.3 is 53.9 Å². The zero-order chi connectivity index (χ0) is 56.0. The van der Waals surface area contributed by atoms with Crippen molar-refractivity contribution in [3.05, 3.63) is 72.9 Å². The summed E-state index contributed by atoms with van der Waals surface area (Å²) in [6, 6.07) is 0. The molecule has 0 aromatic heterocycles. The van der Waals surface area contributed by atoms with Crippen molar-refractivity contribution in [1.29, 1.82) is 0 Å². The first kappa shape index (κ1) is 70.8.